The first kappa shape index (κ1) is 16.8. The van der Waals surface area contributed by atoms with Crippen LogP contribution >= 0.6 is 0 Å². The van der Waals surface area contributed by atoms with E-state index in [-0.39, 0.29) is 18.3 Å². The summed E-state index contributed by atoms with van der Waals surface area (Å²) < 4.78 is 19.3. The van der Waals surface area contributed by atoms with Gasteiger partial charge < -0.3 is 10.1 Å². The Labute approximate surface area is 154 Å². The van der Waals surface area contributed by atoms with Gasteiger partial charge >= 0.3 is 0 Å². The maximum absolute atomic E-state index is 13.7. The van der Waals surface area contributed by atoms with E-state index >= 15 is 0 Å². The van der Waals surface area contributed by atoms with E-state index in [2.05, 4.69) is 15.5 Å². The van der Waals surface area contributed by atoms with Crippen LogP contribution in [0, 0.1) is 5.82 Å². The summed E-state index contributed by atoms with van der Waals surface area (Å²) in [6, 6.07) is 20.7. The van der Waals surface area contributed by atoms with Crippen molar-refractivity contribution < 1.29 is 13.9 Å². The van der Waals surface area contributed by atoms with Gasteiger partial charge in [-0.15, -0.1) is 0 Å². The van der Waals surface area contributed by atoms with E-state index in [0.717, 1.165) is 5.39 Å². The molecule has 0 aliphatic heterocycles. The molecule has 0 fully saturated rings. The summed E-state index contributed by atoms with van der Waals surface area (Å²) in [4.78, 5) is 12.3. The van der Waals surface area contributed by atoms with Gasteiger partial charge in [-0.2, -0.15) is 5.10 Å². The van der Waals surface area contributed by atoms with Crippen LogP contribution in [0.5, 0.6) is 5.75 Å². The summed E-state index contributed by atoms with van der Waals surface area (Å²) in [5.74, 6) is 0.491. The number of hydrogen-bond acceptors (Lipinski definition) is 3. The lowest BCUT2D eigenvalue weighted by Gasteiger charge is -2.07. The van der Waals surface area contributed by atoms with Crippen molar-refractivity contribution in [1.29, 1.82) is 0 Å². The molecule has 6 heteroatoms. The highest BCUT2D eigenvalue weighted by Gasteiger charge is 2.12. The SMILES string of the molecule is O=C(Nc1n[nH]c2cc(OCc3ccccc3F)ccc12)c1ccccc1. The lowest BCUT2D eigenvalue weighted by atomic mass is 10.2. The average molecular weight is 361 g/mol. The molecule has 0 atom stereocenters. The molecule has 0 saturated heterocycles. The second-order valence-corrected chi connectivity index (χ2v) is 5.98. The van der Waals surface area contributed by atoms with Crippen LogP contribution in [0.3, 0.4) is 0 Å². The van der Waals surface area contributed by atoms with Crippen molar-refractivity contribution in [2.45, 2.75) is 6.61 Å². The van der Waals surface area contributed by atoms with Gasteiger partial charge in [-0.25, -0.2) is 4.39 Å². The Bertz CT molecular complexity index is 1090. The number of fused-ring (bicyclic) bond motifs is 1. The lowest BCUT2D eigenvalue weighted by molar-refractivity contribution is 0.102. The molecule has 0 aliphatic rings. The van der Waals surface area contributed by atoms with Gasteiger partial charge in [0.25, 0.3) is 5.91 Å². The van der Waals surface area contributed by atoms with E-state index in [1.165, 1.54) is 6.07 Å². The molecule has 3 aromatic carbocycles. The fraction of sp³-hybridized carbons (Fsp3) is 0.0476. The standard InChI is InChI=1S/C21H16FN3O2/c22-18-9-5-4-8-15(18)13-27-16-10-11-17-19(12-16)24-25-20(17)23-21(26)14-6-2-1-3-7-14/h1-12H,13H2,(H2,23,24,25,26). The molecule has 0 spiro atoms. The van der Waals surface area contributed by atoms with Crippen LogP contribution < -0.4 is 10.1 Å². The van der Waals surface area contributed by atoms with Gasteiger partial charge in [0.05, 0.1) is 5.52 Å². The third-order valence-electron chi connectivity index (χ3n) is 4.15. The highest BCUT2D eigenvalue weighted by atomic mass is 19.1. The number of ether oxygens (including phenoxy) is 1. The summed E-state index contributed by atoms with van der Waals surface area (Å²) in [6.07, 6.45) is 0. The van der Waals surface area contributed by atoms with Crippen LogP contribution in [0.2, 0.25) is 0 Å². The fourth-order valence-electron chi connectivity index (χ4n) is 2.73. The zero-order chi connectivity index (χ0) is 18.6. The number of hydrogen-bond donors (Lipinski definition) is 2. The molecule has 27 heavy (non-hydrogen) atoms. The second-order valence-electron chi connectivity index (χ2n) is 5.98. The minimum Gasteiger partial charge on any atom is -0.489 e. The fourth-order valence-corrected chi connectivity index (χ4v) is 2.73. The molecule has 0 bridgehead atoms. The summed E-state index contributed by atoms with van der Waals surface area (Å²) in [7, 11) is 0. The predicted molar refractivity (Wildman–Crippen MR) is 101 cm³/mol. The molecule has 1 heterocycles. The number of carbonyl (C=O) groups is 1. The maximum atomic E-state index is 13.7. The Morgan fingerprint density at radius 2 is 1.81 bits per heavy atom. The number of halogens is 1. The first-order chi connectivity index (χ1) is 13.2. The molecule has 1 amide bonds. The molecule has 4 aromatic rings. The number of nitrogens with zero attached hydrogens (tertiary/aromatic N) is 1. The number of aromatic nitrogens is 2. The maximum Gasteiger partial charge on any atom is 0.256 e. The van der Waals surface area contributed by atoms with Gasteiger partial charge in [0.15, 0.2) is 5.82 Å². The van der Waals surface area contributed by atoms with Gasteiger partial charge in [0, 0.05) is 22.6 Å². The second kappa shape index (κ2) is 7.29. The third kappa shape index (κ3) is 3.64. The monoisotopic (exact) mass is 361 g/mol. The minimum atomic E-state index is -0.300. The topological polar surface area (TPSA) is 67.0 Å². The summed E-state index contributed by atoms with van der Waals surface area (Å²) >= 11 is 0. The van der Waals surface area contributed by atoms with Gasteiger partial charge in [-0.1, -0.05) is 36.4 Å². The molecular formula is C21H16FN3O2. The van der Waals surface area contributed by atoms with Crippen molar-refractivity contribution >= 4 is 22.6 Å². The van der Waals surface area contributed by atoms with E-state index in [4.69, 9.17) is 4.74 Å². The van der Waals surface area contributed by atoms with Crippen LogP contribution in [0.15, 0.2) is 72.8 Å². The van der Waals surface area contributed by atoms with Crippen molar-refractivity contribution in [3.8, 4) is 5.75 Å². The summed E-state index contributed by atoms with van der Waals surface area (Å²) in [5.41, 5.74) is 1.75. The Kier molecular flexibility index (Phi) is 4.53. The molecule has 2 N–H and O–H groups in total. The number of rotatable bonds is 5. The van der Waals surface area contributed by atoms with Crippen molar-refractivity contribution in [3.63, 3.8) is 0 Å². The number of amides is 1. The molecule has 4 rings (SSSR count). The average Bonchev–Trinajstić information content (AvgIpc) is 3.10. The molecule has 0 saturated carbocycles. The lowest BCUT2D eigenvalue weighted by Crippen LogP contribution is -2.12. The van der Waals surface area contributed by atoms with Crippen LogP contribution in [-0.4, -0.2) is 16.1 Å². The highest BCUT2D eigenvalue weighted by molar-refractivity contribution is 6.07. The summed E-state index contributed by atoms with van der Waals surface area (Å²) in [6.45, 7) is 0.129. The molecular weight excluding hydrogens is 345 g/mol. The van der Waals surface area contributed by atoms with Crippen molar-refractivity contribution in [2.75, 3.05) is 5.32 Å². The Morgan fingerprint density at radius 1 is 1.04 bits per heavy atom. The van der Waals surface area contributed by atoms with E-state index in [9.17, 15) is 9.18 Å². The zero-order valence-electron chi connectivity index (χ0n) is 14.3. The molecule has 5 nitrogen and oxygen atoms in total. The smallest absolute Gasteiger partial charge is 0.256 e. The van der Waals surface area contributed by atoms with Gasteiger partial charge in [-0.3, -0.25) is 9.89 Å². The Balaban J connectivity index is 1.50. The number of H-pyrrole nitrogens is 1. The largest absolute Gasteiger partial charge is 0.489 e. The number of carbonyl (C=O) groups excluding carboxylic acids is 1. The van der Waals surface area contributed by atoms with Crippen molar-refractivity contribution in [3.05, 3.63) is 89.7 Å². The first-order valence-corrected chi connectivity index (χ1v) is 8.41. The van der Waals surface area contributed by atoms with Gasteiger partial charge in [-0.05, 0) is 30.3 Å². The summed E-state index contributed by atoms with van der Waals surface area (Å²) in [5, 5.41) is 10.6. The Morgan fingerprint density at radius 3 is 2.63 bits per heavy atom. The quantitative estimate of drug-likeness (QED) is 0.549. The Hall–Kier alpha value is -3.67. The van der Waals surface area contributed by atoms with E-state index < -0.39 is 0 Å². The van der Waals surface area contributed by atoms with E-state index in [1.807, 2.05) is 6.07 Å². The number of anilines is 1. The minimum absolute atomic E-state index is 0.129. The van der Waals surface area contributed by atoms with Gasteiger partial charge in [0.2, 0.25) is 0 Å². The molecule has 0 radical (unpaired) electrons. The number of nitrogens with one attached hydrogen (secondary N) is 2. The predicted octanol–water partition coefficient (Wildman–Crippen LogP) is 4.53. The van der Waals surface area contributed by atoms with Crippen LogP contribution in [0.1, 0.15) is 15.9 Å². The molecule has 1 aromatic heterocycles. The molecule has 0 unspecified atom stereocenters. The van der Waals surface area contributed by atoms with Crippen LogP contribution in [0.4, 0.5) is 10.2 Å². The van der Waals surface area contributed by atoms with E-state index in [1.54, 1.807) is 60.7 Å². The third-order valence-corrected chi connectivity index (χ3v) is 4.15. The highest BCUT2D eigenvalue weighted by Crippen LogP contribution is 2.26. The van der Waals surface area contributed by atoms with Crippen LogP contribution in [-0.2, 0) is 6.61 Å². The van der Waals surface area contributed by atoms with Crippen molar-refractivity contribution in [2.24, 2.45) is 0 Å². The number of benzene rings is 3. The molecule has 134 valence electrons. The zero-order valence-corrected chi connectivity index (χ0v) is 14.3. The first-order valence-electron chi connectivity index (χ1n) is 8.41. The van der Waals surface area contributed by atoms with Gasteiger partial charge in [0.1, 0.15) is 18.2 Å². The number of aromatic amines is 1. The normalized spacial score (nSPS) is 10.7. The van der Waals surface area contributed by atoms with Crippen LogP contribution in [0.25, 0.3) is 10.9 Å². The van der Waals surface area contributed by atoms with Crippen molar-refractivity contribution in [1.82, 2.24) is 10.2 Å². The molecule has 0 aliphatic carbocycles. The van der Waals surface area contributed by atoms with E-state index in [0.29, 0.717) is 28.2 Å².